The van der Waals surface area contributed by atoms with Crippen molar-refractivity contribution in [1.82, 2.24) is 0 Å². The number of allylic oxidation sites excluding steroid dienone is 1. The highest BCUT2D eigenvalue weighted by molar-refractivity contribution is 6.35. The molecule has 6 heteroatoms. The van der Waals surface area contributed by atoms with Crippen LogP contribution >= 0.6 is 34.8 Å². The molecule has 7 atom stereocenters. The van der Waals surface area contributed by atoms with Crippen LogP contribution < -0.4 is 0 Å². The fourth-order valence-electron chi connectivity index (χ4n) is 6.99. The van der Waals surface area contributed by atoms with E-state index in [1.807, 2.05) is 6.92 Å². The number of hydrogen-bond acceptors (Lipinski definition) is 3. The predicted molar refractivity (Wildman–Crippen MR) is 106 cm³/mol. The lowest BCUT2D eigenvalue weighted by atomic mass is 9.45. The third-order valence-corrected chi connectivity index (χ3v) is 10.2. The van der Waals surface area contributed by atoms with E-state index in [9.17, 15) is 14.4 Å². The molecule has 3 nitrogen and oxygen atoms in total. The molecule has 0 amide bonds. The summed E-state index contributed by atoms with van der Waals surface area (Å²) in [5.74, 6) is 0.0862. The van der Waals surface area contributed by atoms with E-state index < -0.39 is 15.7 Å². The van der Waals surface area contributed by atoms with E-state index in [0.29, 0.717) is 12.8 Å². The Balaban J connectivity index is 1.81. The van der Waals surface area contributed by atoms with E-state index in [1.165, 1.54) is 0 Å². The summed E-state index contributed by atoms with van der Waals surface area (Å²) in [6.07, 6.45) is 5.35. The Morgan fingerprint density at radius 1 is 1.19 bits per heavy atom. The zero-order valence-corrected chi connectivity index (χ0v) is 18.0. The highest BCUT2D eigenvalue weighted by atomic mass is 35.5. The van der Waals surface area contributed by atoms with Crippen LogP contribution in [0.4, 0.5) is 0 Å². The molecule has 148 valence electrons. The van der Waals surface area contributed by atoms with E-state index in [-0.39, 0.29) is 52.8 Å². The maximum Gasteiger partial charge on any atom is 0.163 e. The molecule has 4 aliphatic carbocycles. The second kappa shape index (κ2) is 6.31. The number of fused-ring (bicyclic) bond motifs is 5. The van der Waals surface area contributed by atoms with Gasteiger partial charge in [0.15, 0.2) is 17.3 Å². The van der Waals surface area contributed by atoms with Crippen LogP contribution in [0, 0.1) is 28.6 Å². The van der Waals surface area contributed by atoms with Gasteiger partial charge in [0.1, 0.15) is 0 Å². The molecule has 1 unspecified atom stereocenters. The molecule has 4 rings (SSSR count). The van der Waals surface area contributed by atoms with Crippen LogP contribution in [-0.4, -0.2) is 33.5 Å². The summed E-state index contributed by atoms with van der Waals surface area (Å²) in [6.45, 7) is 4.05. The van der Waals surface area contributed by atoms with Gasteiger partial charge in [0.2, 0.25) is 0 Å². The molecule has 0 saturated heterocycles. The molecule has 3 fully saturated rings. The van der Waals surface area contributed by atoms with Crippen LogP contribution in [0.25, 0.3) is 0 Å². The Kier molecular flexibility index (Phi) is 4.65. The summed E-state index contributed by atoms with van der Waals surface area (Å²) in [6, 6.07) is 0. The Morgan fingerprint density at radius 3 is 2.56 bits per heavy atom. The predicted octanol–water partition coefficient (Wildman–Crippen LogP) is 4.70. The summed E-state index contributed by atoms with van der Waals surface area (Å²) >= 11 is 20.2. The molecule has 0 aromatic rings. The van der Waals surface area contributed by atoms with Crippen molar-refractivity contribution in [1.29, 1.82) is 0 Å². The standard InChI is InChI=1S/C21H25Cl3O3/c1-19-9-17(23)21(24)14(13(19)5-6-15(19)16(26)10-22)4-3-11-7-12(25)8-18(27)20(11,21)2/h7,13-15,17H,3-6,8-10H2,1-2H3/t13-,14-,15+,17?,19-,20+,21-/m0/s1. The Labute approximate surface area is 175 Å². The molecule has 0 N–H and O–H groups in total. The Bertz CT molecular complexity index is 762. The van der Waals surface area contributed by atoms with E-state index >= 15 is 0 Å². The fraction of sp³-hybridized carbons (Fsp3) is 0.762. The number of rotatable bonds is 2. The third kappa shape index (κ3) is 2.37. The van der Waals surface area contributed by atoms with Crippen LogP contribution in [0.2, 0.25) is 0 Å². The molecule has 0 spiro atoms. The number of Topliss-reactive ketones (excluding diaryl/α,β-unsaturated/α-hetero) is 2. The topological polar surface area (TPSA) is 51.2 Å². The Hall–Kier alpha value is -0.380. The normalized spacial score (nSPS) is 49.1. The number of carbonyl (C=O) groups excluding carboxylic acids is 3. The zero-order valence-electron chi connectivity index (χ0n) is 15.7. The first-order chi connectivity index (χ1) is 12.6. The second-order valence-electron chi connectivity index (χ2n) is 9.29. The van der Waals surface area contributed by atoms with Crippen LogP contribution in [0.3, 0.4) is 0 Å². The summed E-state index contributed by atoms with van der Waals surface area (Å²) in [4.78, 5) is 36.6. The molecule has 0 radical (unpaired) electrons. The van der Waals surface area contributed by atoms with Gasteiger partial charge in [-0.2, -0.15) is 0 Å². The van der Waals surface area contributed by atoms with Crippen molar-refractivity contribution in [2.45, 2.75) is 62.6 Å². The summed E-state index contributed by atoms with van der Waals surface area (Å²) in [5, 5.41) is -0.444. The molecule has 27 heavy (non-hydrogen) atoms. The molecule has 3 saturated carbocycles. The van der Waals surface area contributed by atoms with Crippen molar-refractivity contribution < 1.29 is 14.4 Å². The summed E-state index contributed by atoms with van der Waals surface area (Å²) in [7, 11) is 0. The first-order valence-corrected chi connectivity index (χ1v) is 11.1. The molecule has 0 heterocycles. The van der Waals surface area contributed by atoms with Crippen LogP contribution in [0.5, 0.6) is 0 Å². The maximum absolute atomic E-state index is 13.1. The Morgan fingerprint density at radius 2 is 1.89 bits per heavy atom. The summed E-state index contributed by atoms with van der Waals surface area (Å²) < 4.78 is 0. The summed E-state index contributed by atoms with van der Waals surface area (Å²) in [5.41, 5.74) is -0.295. The smallest absolute Gasteiger partial charge is 0.163 e. The van der Waals surface area contributed by atoms with Crippen molar-refractivity contribution in [3.05, 3.63) is 11.6 Å². The molecule has 0 aromatic heterocycles. The minimum Gasteiger partial charge on any atom is -0.298 e. The van der Waals surface area contributed by atoms with Crippen molar-refractivity contribution in [3.63, 3.8) is 0 Å². The quantitative estimate of drug-likeness (QED) is 0.470. The van der Waals surface area contributed by atoms with Gasteiger partial charge >= 0.3 is 0 Å². The average molecular weight is 432 g/mol. The number of alkyl halides is 3. The highest BCUT2D eigenvalue weighted by Gasteiger charge is 2.71. The number of hydrogen-bond donors (Lipinski definition) is 0. The lowest BCUT2D eigenvalue weighted by Crippen LogP contribution is -2.67. The lowest BCUT2D eigenvalue weighted by molar-refractivity contribution is -0.139. The van der Waals surface area contributed by atoms with Gasteiger partial charge in [-0.15, -0.1) is 34.8 Å². The number of carbonyl (C=O) groups is 3. The first kappa shape index (κ1) is 19.9. The van der Waals surface area contributed by atoms with E-state index in [0.717, 1.165) is 24.8 Å². The van der Waals surface area contributed by atoms with E-state index in [2.05, 4.69) is 6.92 Å². The van der Waals surface area contributed by atoms with Gasteiger partial charge in [-0.05, 0) is 62.4 Å². The van der Waals surface area contributed by atoms with Crippen molar-refractivity contribution >= 4 is 52.2 Å². The van der Waals surface area contributed by atoms with Gasteiger partial charge in [0.25, 0.3) is 0 Å². The fourth-order valence-corrected chi connectivity index (χ4v) is 8.46. The largest absolute Gasteiger partial charge is 0.298 e. The van der Waals surface area contributed by atoms with Crippen molar-refractivity contribution in [3.8, 4) is 0 Å². The third-order valence-electron chi connectivity index (χ3n) is 8.39. The van der Waals surface area contributed by atoms with Crippen LogP contribution in [-0.2, 0) is 14.4 Å². The molecule has 0 bridgehead atoms. The van der Waals surface area contributed by atoms with Crippen LogP contribution in [0.15, 0.2) is 11.6 Å². The minimum atomic E-state index is -0.917. The van der Waals surface area contributed by atoms with Crippen LogP contribution in [0.1, 0.15) is 52.4 Å². The van der Waals surface area contributed by atoms with Crippen molar-refractivity contribution in [2.75, 3.05) is 5.88 Å². The SMILES string of the molecule is C[C@]12CC(Cl)[C@@]3(Cl)[C@@H](CCC4=CC(=O)CC(=O)[C@@]43C)[C@@H]1CC[C@@H]2C(=O)CCl. The first-order valence-electron chi connectivity index (χ1n) is 9.79. The molecular weight excluding hydrogens is 407 g/mol. The van der Waals surface area contributed by atoms with Gasteiger partial charge in [-0.1, -0.05) is 12.5 Å². The average Bonchev–Trinajstić information content (AvgIpc) is 2.94. The molecule has 0 aromatic carbocycles. The van der Waals surface area contributed by atoms with Gasteiger partial charge in [0, 0.05) is 5.92 Å². The number of ketones is 3. The van der Waals surface area contributed by atoms with Gasteiger partial charge in [0.05, 0.1) is 28.0 Å². The van der Waals surface area contributed by atoms with E-state index in [4.69, 9.17) is 34.8 Å². The van der Waals surface area contributed by atoms with Gasteiger partial charge in [-0.25, -0.2) is 0 Å². The lowest BCUT2D eigenvalue weighted by Gasteiger charge is -2.63. The van der Waals surface area contributed by atoms with Gasteiger partial charge < -0.3 is 0 Å². The maximum atomic E-state index is 13.1. The van der Waals surface area contributed by atoms with E-state index in [1.54, 1.807) is 6.08 Å². The molecule has 4 aliphatic rings. The van der Waals surface area contributed by atoms with Gasteiger partial charge in [-0.3, -0.25) is 14.4 Å². The molecule has 0 aliphatic heterocycles. The van der Waals surface area contributed by atoms with Crippen molar-refractivity contribution in [2.24, 2.45) is 28.6 Å². The number of halogens is 3. The second-order valence-corrected chi connectivity index (χ2v) is 10.7. The monoisotopic (exact) mass is 430 g/mol. The minimum absolute atomic E-state index is 0.0296. The zero-order chi connectivity index (χ0) is 19.8. The highest BCUT2D eigenvalue weighted by Crippen LogP contribution is 2.70. The molecular formula is C21H25Cl3O3.